The zero-order valence-electron chi connectivity index (χ0n) is 26.9. The van der Waals surface area contributed by atoms with Gasteiger partial charge in [-0.05, 0) is 79.3 Å². The molecule has 0 bridgehead atoms. The summed E-state index contributed by atoms with van der Waals surface area (Å²) in [6.45, 7) is 5.13. The highest BCUT2D eigenvalue weighted by molar-refractivity contribution is 7.67. The standard InChI is InChI=1S/C39H58OP2/c1-39(2)33-25-15-27-35(41(29-17-7-3-8-18-29)30-19-9-4-10-20-30)37(33)40-38-34(39)26-16-28-36(38)42(31-21-11-5-12-22-31)32-23-13-6-14-24-32/h15-16,25-33,37H,3-14,17-24H2,1-2H3/t33-,37-/m1/s1. The quantitative estimate of drug-likeness (QED) is 0.294. The van der Waals surface area contributed by atoms with Crippen LogP contribution in [-0.2, 0) is 5.41 Å². The minimum atomic E-state index is -0.184. The van der Waals surface area contributed by atoms with Crippen LogP contribution in [0.3, 0.4) is 0 Å². The van der Waals surface area contributed by atoms with Gasteiger partial charge in [-0.25, -0.2) is 0 Å². The monoisotopic (exact) mass is 604 g/mol. The Bertz CT molecular complexity index is 1080. The van der Waals surface area contributed by atoms with Gasteiger partial charge in [0.2, 0.25) is 0 Å². The van der Waals surface area contributed by atoms with Crippen LogP contribution < -0.4 is 10.0 Å². The molecule has 4 fully saturated rings. The molecule has 6 aliphatic rings. The molecule has 0 unspecified atom stereocenters. The van der Waals surface area contributed by atoms with Gasteiger partial charge in [0.15, 0.2) is 0 Å². The molecule has 0 aromatic heterocycles. The first-order chi connectivity index (χ1) is 20.6. The molecule has 1 aliphatic heterocycles. The third-order valence-electron chi connectivity index (χ3n) is 12.4. The molecular weight excluding hydrogens is 546 g/mol. The SMILES string of the molecule is CC1(C)c2cccc(P(C3CCCCC3)C3CCCCC3)c2O[C@H]2C(P(C3CCCCC3)C3CCCCC3)=CC=C[C@H]21. The summed E-state index contributed by atoms with van der Waals surface area (Å²) in [5.74, 6) is 1.82. The van der Waals surface area contributed by atoms with Crippen LogP contribution in [0.5, 0.6) is 5.75 Å². The highest BCUT2D eigenvalue weighted by atomic mass is 31.1. The number of allylic oxidation sites excluding steroid dienone is 2. The number of rotatable bonds is 6. The summed E-state index contributed by atoms with van der Waals surface area (Å²) in [6, 6.07) is 7.46. The van der Waals surface area contributed by atoms with E-state index >= 15 is 0 Å². The van der Waals surface area contributed by atoms with Gasteiger partial charge in [0.25, 0.3) is 0 Å². The van der Waals surface area contributed by atoms with E-state index in [-0.39, 0.29) is 27.4 Å². The largest absolute Gasteiger partial charge is 0.484 e. The van der Waals surface area contributed by atoms with Crippen LogP contribution in [0.4, 0.5) is 0 Å². The number of para-hydroxylation sites is 1. The molecule has 0 spiro atoms. The van der Waals surface area contributed by atoms with E-state index in [1.165, 1.54) is 140 Å². The van der Waals surface area contributed by atoms with Crippen molar-refractivity contribution in [2.75, 3.05) is 0 Å². The van der Waals surface area contributed by atoms with E-state index in [9.17, 15) is 0 Å². The van der Waals surface area contributed by atoms with E-state index in [0.717, 1.165) is 22.6 Å². The average Bonchev–Trinajstić information content (AvgIpc) is 3.04. The minimum absolute atomic E-state index is 0.102. The Hall–Kier alpha value is -0.640. The third-order valence-corrected chi connectivity index (χ3v) is 19.5. The van der Waals surface area contributed by atoms with Crippen LogP contribution in [0.15, 0.2) is 41.7 Å². The third kappa shape index (κ3) is 5.87. The second kappa shape index (κ2) is 13.4. The fourth-order valence-corrected chi connectivity index (χ4v) is 18.1. The van der Waals surface area contributed by atoms with Crippen molar-refractivity contribution in [2.24, 2.45) is 5.92 Å². The number of hydrogen-bond donors (Lipinski definition) is 0. The Labute approximate surface area is 260 Å². The predicted molar refractivity (Wildman–Crippen MR) is 186 cm³/mol. The molecule has 0 amide bonds. The number of benzene rings is 1. The number of ether oxygens (including phenoxy) is 1. The van der Waals surface area contributed by atoms with Crippen molar-refractivity contribution in [1.29, 1.82) is 0 Å². The summed E-state index contributed by atoms with van der Waals surface area (Å²) in [7, 11) is -0.332. The Balaban J connectivity index is 1.29. The summed E-state index contributed by atoms with van der Waals surface area (Å²) in [6.07, 6.45) is 37.1. The van der Waals surface area contributed by atoms with Gasteiger partial charge in [-0.1, -0.05) is 143 Å². The highest BCUT2D eigenvalue weighted by Crippen LogP contribution is 2.66. The summed E-state index contributed by atoms with van der Waals surface area (Å²) < 4.78 is 7.65. The lowest BCUT2D eigenvalue weighted by molar-refractivity contribution is 0.120. The van der Waals surface area contributed by atoms with Gasteiger partial charge in [0.1, 0.15) is 11.9 Å². The Morgan fingerprint density at radius 2 is 1.10 bits per heavy atom. The summed E-state index contributed by atoms with van der Waals surface area (Å²) in [5, 5.41) is 3.45. The topological polar surface area (TPSA) is 9.23 Å². The summed E-state index contributed by atoms with van der Waals surface area (Å²) >= 11 is 0. The van der Waals surface area contributed by atoms with Crippen molar-refractivity contribution in [3.05, 3.63) is 47.3 Å². The molecule has 0 saturated heterocycles. The van der Waals surface area contributed by atoms with Crippen LogP contribution in [-0.4, -0.2) is 28.7 Å². The van der Waals surface area contributed by atoms with Crippen LogP contribution in [0.2, 0.25) is 0 Å². The smallest absolute Gasteiger partial charge is 0.131 e. The lowest BCUT2D eigenvalue weighted by atomic mass is 9.68. The Morgan fingerprint density at radius 1 is 0.619 bits per heavy atom. The van der Waals surface area contributed by atoms with Crippen LogP contribution >= 0.6 is 15.8 Å². The van der Waals surface area contributed by atoms with E-state index < -0.39 is 0 Å². The zero-order chi connectivity index (χ0) is 28.5. The van der Waals surface area contributed by atoms with Crippen LogP contribution in [0, 0.1) is 5.92 Å². The van der Waals surface area contributed by atoms with E-state index in [0.29, 0.717) is 5.92 Å². The van der Waals surface area contributed by atoms with Gasteiger partial charge in [-0.2, -0.15) is 0 Å². The van der Waals surface area contributed by atoms with Crippen LogP contribution in [0.25, 0.3) is 0 Å². The first-order valence-electron chi connectivity index (χ1n) is 18.4. The molecule has 5 aliphatic carbocycles. The van der Waals surface area contributed by atoms with E-state index in [1.807, 2.05) is 0 Å². The normalized spacial score (nSPS) is 29.7. The molecule has 0 radical (unpaired) electrons. The molecule has 4 saturated carbocycles. The first-order valence-corrected chi connectivity index (χ1v) is 21.3. The minimum Gasteiger partial charge on any atom is -0.484 e. The average molecular weight is 605 g/mol. The molecule has 0 N–H and O–H groups in total. The first kappa shape index (κ1) is 30.0. The molecule has 2 atom stereocenters. The van der Waals surface area contributed by atoms with Crippen molar-refractivity contribution >= 4 is 21.1 Å². The number of hydrogen-bond acceptors (Lipinski definition) is 1. The lowest BCUT2D eigenvalue weighted by Crippen LogP contribution is -2.47. The van der Waals surface area contributed by atoms with Crippen molar-refractivity contribution < 1.29 is 4.74 Å². The van der Waals surface area contributed by atoms with E-state index in [1.54, 1.807) is 10.6 Å². The summed E-state index contributed by atoms with van der Waals surface area (Å²) in [4.78, 5) is 0. The molecule has 7 rings (SSSR count). The molecule has 1 aromatic rings. The highest BCUT2D eigenvalue weighted by Gasteiger charge is 2.49. The maximum absolute atomic E-state index is 7.65. The van der Waals surface area contributed by atoms with Gasteiger partial charge >= 0.3 is 0 Å². The van der Waals surface area contributed by atoms with Gasteiger partial charge in [0.05, 0.1) is 0 Å². The second-order valence-corrected chi connectivity index (χ2v) is 20.9. The van der Waals surface area contributed by atoms with Crippen molar-refractivity contribution in [1.82, 2.24) is 0 Å². The van der Waals surface area contributed by atoms with Crippen molar-refractivity contribution in [3.8, 4) is 5.75 Å². The summed E-state index contributed by atoms with van der Waals surface area (Å²) in [5.41, 5.74) is 5.31. The molecule has 1 nitrogen and oxygen atoms in total. The maximum atomic E-state index is 7.65. The molecular formula is C39H58OP2. The zero-order valence-corrected chi connectivity index (χ0v) is 28.7. The molecule has 230 valence electrons. The van der Waals surface area contributed by atoms with Crippen molar-refractivity contribution in [3.63, 3.8) is 0 Å². The molecule has 1 aromatic carbocycles. The fourth-order valence-electron chi connectivity index (χ4n) is 10.2. The van der Waals surface area contributed by atoms with Gasteiger partial charge in [-0.15, -0.1) is 0 Å². The second-order valence-electron chi connectivity index (χ2n) is 15.4. The number of fused-ring (bicyclic) bond motifs is 2. The maximum Gasteiger partial charge on any atom is 0.131 e. The van der Waals surface area contributed by atoms with Crippen molar-refractivity contribution in [2.45, 2.75) is 176 Å². The van der Waals surface area contributed by atoms with Gasteiger partial charge < -0.3 is 4.74 Å². The van der Waals surface area contributed by atoms with Gasteiger partial charge in [0, 0.05) is 22.2 Å². The molecule has 1 heterocycles. The Kier molecular flexibility index (Phi) is 9.57. The Morgan fingerprint density at radius 3 is 1.60 bits per heavy atom. The fraction of sp³-hybridized carbons (Fsp3) is 0.744. The molecule has 42 heavy (non-hydrogen) atoms. The predicted octanol–water partition coefficient (Wildman–Crippen LogP) is 11.7. The van der Waals surface area contributed by atoms with Crippen LogP contribution in [0.1, 0.15) is 148 Å². The van der Waals surface area contributed by atoms with E-state index in [2.05, 4.69) is 50.3 Å². The molecule has 3 heteroatoms. The van der Waals surface area contributed by atoms with Gasteiger partial charge in [-0.3, -0.25) is 0 Å². The van der Waals surface area contributed by atoms with E-state index in [4.69, 9.17) is 4.74 Å². The lowest BCUT2D eigenvalue weighted by Gasteiger charge is -2.51.